The number of imide groups is 1. The Hall–Kier alpha value is -3.15. The van der Waals surface area contributed by atoms with Crippen molar-refractivity contribution in [1.29, 1.82) is 0 Å². The number of carbonyl (C=O) groups is 3. The van der Waals surface area contributed by atoms with Crippen LogP contribution in [0.2, 0.25) is 0 Å². The third-order valence-electron chi connectivity index (χ3n) is 6.57. The lowest BCUT2D eigenvalue weighted by atomic mass is 9.87. The smallest absolute Gasteiger partial charge is 0.308 e. The van der Waals surface area contributed by atoms with Crippen molar-refractivity contribution in [2.75, 3.05) is 31.2 Å². The van der Waals surface area contributed by atoms with Crippen molar-refractivity contribution >= 4 is 46.5 Å². The molecule has 2 fully saturated rings. The Labute approximate surface area is 208 Å². The Morgan fingerprint density at radius 1 is 1.00 bits per heavy atom. The van der Waals surface area contributed by atoms with Gasteiger partial charge in [0.2, 0.25) is 17.7 Å². The Kier molecular flexibility index (Phi) is 5.62. The monoisotopic (exact) mass is 511 g/mol. The number of carbonyl (C=O) groups excluding carboxylic acids is 3. The Morgan fingerprint density at radius 2 is 1.77 bits per heavy atom. The number of amides is 3. The largest absolute Gasteiger partial charge is 0.469 e. The van der Waals surface area contributed by atoms with Gasteiger partial charge in [-0.15, -0.1) is 0 Å². The molecule has 0 saturated carbocycles. The van der Waals surface area contributed by atoms with Crippen LogP contribution in [0.25, 0.3) is 0 Å². The molecule has 11 heteroatoms. The summed E-state index contributed by atoms with van der Waals surface area (Å²) in [6.07, 6.45) is 1.52. The molecular formula is C24H21N3O6S2. The zero-order valence-corrected chi connectivity index (χ0v) is 20.1. The zero-order chi connectivity index (χ0) is 24.1. The molecule has 0 N–H and O–H groups in total. The fraction of sp³-hybridized carbons (Fsp3) is 0.333. The van der Waals surface area contributed by atoms with Crippen molar-refractivity contribution in [1.82, 2.24) is 9.47 Å². The van der Waals surface area contributed by atoms with E-state index in [-0.39, 0.29) is 29.1 Å². The van der Waals surface area contributed by atoms with E-state index in [1.807, 2.05) is 6.07 Å². The van der Waals surface area contributed by atoms with Crippen molar-refractivity contribution < 1.29 is 23.5 Å². The second kappa shape index (κ2) is 8.81. The molecule has 5 heterocycles. The molecule has 9 nitrogen and oxygen atoms in total. The number of anilines is 1. The van der Waals surface area contributed by atoms with Gasteiger partial charge in [0.1, 0.15) is 17.6 Å². The lowest BCUT2D eigenvalue weighted by molar-refractivity contribution is -0.136. The van der Waals surface area contributed by atoms with Crippen molar-refractivity contribution in [3.05, 3.63) is 69.0 Å². The molecule has 0 aliphatic carbocycles. The summed E-state index contributed by atoms with van der Waals surface area (Å²) in [6.45, 7) is 1.77. The van der Waals surface area contributed by atoms with Crippen molar-refractivity contribution in [3.8, 4) is 0 Å². The molecule has 180 valence electrons. The predicted octanol–water partition coefficient (Wildman–Crippen LogP) is 2.16. The summed E-state index contributed by atoms with van der Waals surface area (Å²) in [5, 5.41) is -0.177. The number of rotatable bonds is 4. The highest BCUT2D eigenvalue weighted by atomic mass is 32.2. The van der Waals surface area contributed by atoms with Gasteiger partial charge < -0.3 is 14.1 Å². The summed E-state index contributed by atoms with van der Waals surface area (Å²) in [4.78, 5) is 56.5. The Morgan fingerprint density at radius 3 is 2.49 bits per heavy atom. The number of aromatic nitrogens is 1. The van der Waals surface area contributed by atoms with E-state index in [4.69, 9.17) is 9.15 Å². The second-order valence-electron chi connectivity index (χ2n) is 8.52. The SMILES string of the molecule is O=C(Cn1c2c(sc1=O)C(c1ccco1)C1C(=O)N(c3ccccc3)C(=O)C1S2)N1CCOCC1. The topological polar surface area (TPSA) is 102 Å². The van der Waals surface area contributed by atoms with Gasteiger partial charge >= 0.3 is 4.87 Å². The molecule has 3 unspecified atom stereocenters. The summed E-state index contributed by atoms with van der Waals surface area (Å²) in [5.41, 5.74) is 0.513. The maximum absolute atomic E-state index is 13.6. The first kappa shape index (κ1) is 22.3. The molecule has 3 atom stereocenters. The number of morpholine rings is 1. The average molecular weight is 512 g/mol. The van der Waals surface area contributed by atoms with Gasteiger partial charge in [-0.25, -0.2) is 4.90 Å². The maximum Gasteiger partial charge on any atom is 0.308 e. The van der Waals surface area contributed by atoms with Crippen molar-refractivity contribution in [2.24, 2.45) is 5.92 Å². The fourth-order valence-corrected chi connectivity index (χ4v) is 7.66. The molecule has 0 spiro atoms. The molecule has 35 heavy (non-hydrogen) atoms. The van der Waals surface area contributed by atoms with Crippen molar-refractivity contribution in [2.45, 2.75) is 22.7 Å². The molecule has 1 aromatic carbocycles. The number of thiazole rings is 1. The van der Waals surface area contributed by atoms with Crippen LogP contribution in [0.1, 0.15) is 16.6 Å². The summed E-state index contributed by atoms with van der Waals surface area (Å²) in [7, 11) is 0. The number of para-hydroxylation sites is 1. The molecular weight excluding hydrogens is 490 g/mol. The molecule has 2 aromatic heterocycles. The molecule has 3 aliphatic rings. The van der Waals surface area contributed by atoms with Crippen LogP contribution in [0.4, 0.5) is 5.69 Å². The summed E-state index contributed by atoms with van der Waals surface area (Å²) in [6, 6.07) is 12.3. The molecule has 2 saturated heterocycles. The normalized spacial score (nSPS) is 23.9. The van der Waals surface area contributed by atoms with Crippen LogP contribution in [-0.4, -0.2) is 58.7 Å². The van der Waals surface area contributed by atoms with E-state index in [1.165, 1.54) is 27.5 Å². The first-order chi connectivity index (χ1) is 17.0. The van der Waals surface area contributed by atoms with Gasteiger partial charge in [-0.3, -0.25) is 23.7 Å². The molecule has 0 bridgehead atoms. The van der Waals surface area contributed by atoms with Crippen LogP contribution < -0.4 is 9.77 Å². The van der Waals surface area contributed by atoms with Crippen LogP contribution in [0.15, 0.2) is 63.0 Å². The highest BCUT2D eigenvalue weighted by Gasteiger charge is 2.57. The van der Waals surface area contributed by atoms with E-state index in [9.17, 15) is 19.2 Å². The van der Waals surface area contributed by atoms with Crippen LogP contribution in [-0.2, 0) is 25.7 Å². The van der Waals surface area contributed by atoms with E-state index in [1.54, 1.807) is 41.3 Å². The van der Waals surface area contributed by atoms with E-state index in [0.29, 0.717) is 47.7 Å². The highest BCUT2D eigenvalue weighted by molar-refractivity contribution is 8.00. The number of fused-ring (bicyclic) bond motifs is 2. The number of furan rings is 1. The van der Waals surface area contributed by atoms with Gasteiger partial charge in [-0.2, -0.15) is 0 Å². The van der Waals surface area contributed by atoms with E-state index < -0.39 is 17.1 Å². The van der Waals surface area contributed by atoms with Crippen LogP contribution in [0.3, 0.4) is 0 Å². The van der Waals surface area contributed by atoms with Gasteiger partial charge in [-0.05, 0) is 24.3 Å². The van der Waals surface area contributed by atoms with E-state index in [2.05, 4.69) is 0 Å². The van der Waals surface area contributed by atoms with Gasteiger partial charge in [-0.1, -0.05) is 41.3 Å². The minimum atomic E-state index is -0.732. The predicted molar refractivity (Wildman–Crippen MR) is 129 cm³/mol. The summed E-state index contributed by atoms with van der Waals surface area (Å²) < 4.78 is 12.5. The van der Waals surface area contributed by atoms with Gasteiger partial charge in [0.05, 0.1) is 46.9 Å². The molecule has 6 rings (SSSR count). The highest BCUT2D eigenvalue weighted by Crippen LogP contribution is 2.53. The Balaban J connectivity index is 1.41. The van der Waals surface area contributed by atoms with E-state index in [0.717, 1.165) is 11.3 Å². The first-order valence-corrected chi connectivity index (χ1v) is 13.0. The molecule has 3 aromatic rings. The number of nitrogens with zero attached hydrogens (tertiary/aromatic N) is 3. The summed E-state index contributed by atoms with van der Waals surface area (Å²) in [5.74, 6) is -1.61. The third-order valence-corrected chi connectivity index (χ3v) is 9.17. The third kappa shape index (κ3) is 3.65. The number of hydrogen-bond donors (Lipinski definition) is 0. The van der Waals surface area contributed by atoms with Gasteiger partial charge in [0.25, 0.3) is 0 Å². The molecule has 0 radical (unpaired) electrons. The fourth-order valence-electron chi connectivity index (χ4n) is 4.91. The number of hydrogen-bond acceptors (Lipinski definition) is 8. The minimum absolute atomic E-state index is 0.121. The second-order valence-corrected chi connectivity index (χ2v) is 10.6. The number of ether oxygens (including phenoxy) is 1. The Bertz CT molecular complexity index is 1340. The maximum atomic E-state index is 13.6. The first-order valence-electron chi connectivity index (χ1n) is 11.3. The van der Waals surface area contributed by atoms with Gasteiger partial charge in [0.15, 0.2) is 0 Å². The molecule has 3 amide bonds. The lowest BCUT2D eigenvalue weighted by Gasteiger charge is -2.30. The quantitative estimate of drug-likeness (QED) is 0.495. The van der Waals surface area contributed by atoms with Crippen molar-refractivity contribution in [3.63, 3.8) is 0 Å². The summed E-state index contributed by atoms with van der Waals surface area (Å²) >= 11 is 2.21. The van der Waals surface area contributed by atoms with Crippen LogP contribution >= 0.6 is 23.1 Å². The average Bonchev–Trinajstić information content (AvgIpc) is 3.58. The number of thioether (sulfide) groups is 1. The van der Waals surface area contributed by atoms with Crippen LogP contribution in [0, 0.1) is 5.92 Å². The van der Waals surface area contributed by atoms with Gasteiger partial charge in [0, 0.05) is 13.1 Å². The zero-order valence-electron chi connectivity index (χ0n) is 18.5. The van der Waals surface area contributed by atoms with Crippen LogP contribution in [0.5, 0.6) is 0 Å². The minimum Gasteiger partial charge on any atom is -0.469 e. The molecule has 3 aliphatic heterocycles. The standard InChI is InChI=1S/C24H21N3O6S2/c28-16(25-8-11-32-12-9-25)13-26-23-20(35-24(26)31)17(15-7-4-10-33-15)18-19(34-23)22(30)27(21(18)29)14-5-2-1-3-6-14/h1-7,10,17-19H,8-9,11-13H2. The lowest BCUT2D eigenvalue weighted by Crippen LogP contribution is -2.43. The van der Waals surface area contributed by atoms with E-state index >= 15 is 0 Å². The number of benzene rings is 1.